The average Bonchev–Trinajstić information content (AvgIpc) is 2.82. The molecule has 0 N–H and O–H groups in total. The molecular formula is C16H18FN3O. The molecule has 0 spiro atoms. The van der Waals surface area contributed by atoms with Crippen molar-refractivity contribution in [2.45, 2.75) is 26.3 Å². The Morgan fingerprint density at radius 3 is 2.62 bits per heavy atom. The molecular weight excluding hydrogens is 269 g/mol. The topological polar surface area (TPSA) is 38.2 Å². The van der Waals surface area contributed by atoms with Gasteiger partial charge in [0, 0.05) is 24.8 Å². The second-order valence-electron chi connectivity index (χ2n) is 5.45. The first-order chi connectivity index (χ1) is 10.1. The zero-order valence-electron chi connectivity index (χ0n) is 12.2. The summed E-state index contributed by atoms with van der Waals surface area (Å²) >= 11 is 0. The van der Waals surface area contributed by atoms with Crippen LogP contribution in [0.3, 0.4) is 0 Å². The Bertz CT molecular complexity index is 617. The van der Waals surface area contributed by atoms with E-state index in [0.717, 1.165) is 13.0 Å². The molecule has 5 heteroatoms. The summed E-state index contributed by atoms with van der Waals surface area (Å²) in [5.74, 6) is 2.06. The highest BCUT2D eigenvalue weighted by Crippen LogP contribution is 2.28. The third kappa shape index (κ3) is 2.96. The maximum absolute atomic E-state index is 12.9. The van der Waals surface area contributed by atoms with Crippen molar-refractivity contribution in [3.8, 4) is 11.6 Å². The third-order valence-electron chi connectivity index (χ3n) is 4.05. The van der Waals surface area contributed by atoms with Crippen molar-refractivity contribution in [3.63, 3.8) is 0 Å². The van der Waals surface area contributed by atoms with Crippen LogP contribution in [0.25, 0.3) is 0 Å². The Morgan fingerprint density at radius 2 is 1.95 bits per heavy atom. The summed E-state index contributed by atoms with van der Waals surface area (Å²) in [5, 5.41) is 0. The molecule has 0 amide bonds. The van der Waals surface area contributed by atoms with E-state index >= 15 is 0 Å². The first-order valence-electron chi connectivity index (χ1n) is 7.16. The highest BCUT2D eigenvalue weighted by Gasteiger charge is 2.29. The highest BCUT2D eigenvalue weighted by atomic mass is 19.1. The van der Waals surface area contributed by atoms with Crippen molar-refractivity contribution in [2.24, 2.45) is 5.92 Å². The van der Waals surface area contributed by atoms with Gasteiger partial charge in [-0.05, 0) is 43.5 Å². The fourth-order valence-electron chi connectivity index (χ4n) is 2.53. The van der Waals surface area contributed by atoms with Crippen LogP contribution in [0.5, 0.6) is 11.6 Å². The molecule has 1 aliphatic heterocycles. The lowest BCUT2D eigenvalue weighted by Crippen LogP contribution is -2.30. The minimum atomic E-state index is -0.286. The normalized spacial score (nSPS) is 21.6. The Balaban J connectivity index is 1.78. The molecule has 21 heavy (non-hydrogen) atoms. The molecule has 0 saturated carbocycles. The van der Waals surface area contributed by atoms with E-state index in [0.29, 0.717) is 29.5 Å². The number of ether oxygens (including phenoxy) is 1. The highest BCUT2D eigenvalue weighted by molar-refractivity contribution is 5.36. The predicted octanol–water partition coefficient (Wildman–Crippen LogP) is 3.64. The van der Waals surface area contributed by atoms with Crippen LogP contribution in [0, 0.1) is 11.7 Å². The Labute approximate surface area is 123 Å². The number of hydrogen-bond acceptors (Lipinski definition) is 4. The van der Waals surface area contributed by atoms with Crippen molar-refractivity contribution in [3.05, 3.63) is 42.3 Å². The van der Waals surface area contributed by atoms with Gasteiger partial charge in [0.25, 0.3) is 0 Å². The molecule has 0 aliphatic carbocycles. The number of nitrogens with zero attached hydrogens (tertiary/aromatic N) is 3. The van der Waals surface area contributed by atoms with Gasteiger partial charge in [-0.3, -0.25) is 0 Å². The maximum Gasteiger partial charge on any atom is 0.228 e. The number of hydrogen-bond donors (Lipinski definition) is 0. The Morgan fingerprint density at radius 1 is 1.19 bits per heavy atom. The van der Waals surface area contributed by atoms with E-state index < -0.39 is 0 Å². The average molecular weight is 287 g/mol. The van der Waals surface area contributed by atoms with Crippen molar-refractivity contribution in [2.75, 3.05) is 11.4 Å². The number of aromatic nitrogens is 2. The van der Waals surface area contributed by atoms with Gasteiger partial charge >= 0.3 is 0 Å². The molecule has 1 saturated heterocycles. The molecule has 110 valence electrons. The monoisotopic (exact) mass is 287 g/mol. The summed E-state index contributed by atoms with van der Waals surface area (Å²) in [4.78, 5) is 11.0. The zero-order chi connectivity index (χ0) is 14.8. The summed E-state index contributed by atoms with van der Waals surface area (Å²) in [6, 6.07) is 8.02. The summed E-state index contributed by atoms with van der Waals surface area (Å²) in [6.45, 7) is 5.39. The maximum atomic E-state index is 12.9. The number of benzene rings is 1. The van der Waals surface area contributed by atoms with Crippen LogP contribution in [0.4, 0.5) is 10.3 Å². The van der Waals surface area contributed by atoms with Gasteiger partial charge in [0.1, 0.15) is 11.6 Å². The summed E-state index contributed by atoms with van der Waals surface area (Å²) in [5.41, 5.74) is 0. The lowest BCUT2D eigenvalue weighted by Gasteiger charge is -2.23. The minimum Gasteiger partial charge on any atom is -0.439 e. The second kappa shape index (κ2) is 5.68. The van der Waals surface area contributed by atoms with Crippen LogP contribution in [-0.2, 0) is 0 Å². The summed E-state index contributed by atoms with van der Waals surface area (Å²) in [7, 11) is 0. The molecule has 2 unspecified atom stereocenters. The lowest BCUT2D eigenvalue weighted by molar-refractivity contribution is 0.458. The fourth-order valence-corrected chi connectivity index (χ4v) is 2.53. The molecule has 0 bridgehead atoms. The van der Waals surface area contributed by atoms with Gasteiger partial charge in [0.2, 0.25) is 11.8 Å². The van der Waals surface area contributed by atoms with Crippen molar-refractivity contribution < 1.29 is 9.13 Å². The second-order valence-corrected chi connectivity index (χ2v) is 5.45. The zero-order valence-corrected chi connectivity index (χ0v) is 12.2. The van der Waals surface area contributed by atoms with Gasteiger partial charge in [-0.1, -0.05) is 6.92 Å². The van der Waals surface area contributed by atoms with Crippen LogP contribution >= 0.6 is 0 Å². The van der Waals surface area contributed by atoms with Crippen LogP contribution in [0.1, 0.15) is 20.3 Å². The van der Waals surface area contributed by atoms with Gasteiger partial charge in [-0.2, -0.15) is 4.98 Å². The van der Waals surface area contributed by atoms with Crippen LogP contribution in [0.2, 0.25) is 0 Å². The molecule has 1 aliphatic rings. The van der Waals surface area contributed by atoms with Crippen molar-refractivity contribution >= 4 is 5.95 Å². The molecule has 3 rings (SSSR count). The quantitative estimate of drug-likeness (QED) is 0.864. The van der Waals surface area contributed by atoms with E-state index in [1.54, 1.807) is 24.4 Å². The third-order valence-corrected chi connectivity index (χ3v) is 4.05. The van der Waals surface area contributed by atoms with Gasteiger partial charge in [-0.15, -0.1) is 0 Å². The summed E-state index contributed by atoms with van der Waals surface area (Å²) < 4.78 is 18.5. The number of rotatable bonds is 3. The fraction of sp³-hybridized carbons (Fsp3) is 0.375. The van der Waals surface area contributed by atoms with Crippen LogP contribution in [-0.4, -0.2) is 22.6 Å². The first-order valence-corrected chi connectivity index (χ1v) is 7.16. The van der Waals surface area contributed by atoms with Gasteiger partial charge in [-0.25, -0.2) is 9.37 Å². The predicted molar refractivity (Wildman–Crippen MR) is 79.1 cm³/mol. The van der Waals surface area contributed by atoms with Gasteiger partial charge in [0.15, 0.2) is 0 Å². The Hall–Kier alpha value is -2.17. The molecule has 1 aromatic heterocycles. The lowest BCUT2D eigenvalue weighted by atomic mass is 10.1. The SMILES string of the molecule is CC1CCN(c2nccc(Oc3ccc(F)cc3)n2)C1C. The van der Waals surface area contributed by atoms with Crippen molar-refractivity contribution in [1.29, 1.82) is 0 Å². The van der Waals surface area contributed by atoms with E-state index in [2.05, 4.69) is 28.7 Å². The largest absolute Gasteiger partial charge is 0.439 e. The standard InChI is InChI=1S/C16H18FN3O/c1-11-8-10-20(12(11)2)16-18-9-7-15(19-16)21-14-5-3-13(17)4-6-14/h3-7,9,11-12H,8,10H2,1-2H3. The molecule has 4 nitrogen and oxygen atoms in total. The van der Waals surface area contributed by atoms with Crippen LogP contribution in [0.15, 0.2) is 36.5 Å². The number of halogens is 1. The smallest absolute Gasteiger partial charge is 0.228 e. The summed E-state index contributed by atoms with van der Waals surface area (Å²) in [6.07, 6.45) is 2.84. The molecule has 1 aromatic carbocycles. The molecule has 2 heterocycles. The van der Waals surface area contributed by atoms with E-state index in [1.807, 2.05) is 0 Å². The van der Waals surface area contributed by atoms with E-state index in [9.17, 15) is 4.39 Å². The van der Waals surface area contributed by atoms with E-state index in [4.69, 9.17) is 4.74 Å². The van der Waals surface area contributed by atoms with E-state index in [-0.39, 0.29) is 5.82 Å². The van der Waals surface area contributed by atoms with E-state index in [1.165, 1.54) is 12.1 Å². The first kappa shape index (κ1) is 13.8. The molecule has 2 atom stereocenters. The number of anilines is 1. The molecule has 2 aromatic rings. The Kier molecular flexibility index (Phi) is 3.73. The molecule has 0 radical (unpaired) electrons. The van der Waals surface area contributed by atoms with Crippen molar-refractivity contribution in [1.82, 2.24) is 9.97 Å². The van der Waals surface area contributed by atoms with Gasteiger partial charge in [0.05, 0.1) is 0 Å². The van der Waals surface area contributed by atoms with Crippen LogP contribution < -0.4 is 9.64 Å². The minimum absolute atomic E-state index is 0.286. The molecule has 1 fully saturated rings. The van der Waals surface area contributed by atoms with Gasteiger partial charge < -0.3 is 9.64 Å².